The maximum absolute atomic E-state index is 12.0. The van der Waals surface area contributed by atoms with Crippen LogP contribution in [0.3, 0.4) is 0 Å². The summed E-state index contributed by atoms with van der Waals surface area (Å²) >= 11 is 0. The minimum absolute atomic E-state index is 0.0430. The molecule has 8 nitrogen and oxygen atoms in total. The van der Waals surface area contributed by atoms with Crippen LogP contribution in [0.4, 0.5) is 10.5 Å². The Kier molecular flexibility index (Phi) is 8.00. The van der Waals surface area contributed by atoms with E-state index in [0.29, 0.717) is 5.69 Å². The van der Waals surface area contributed by atoms with Crippen LogP contribution in [-0.4, -0.2) is 42.2 Å². The normalized spacial score (nSPS) is 11.1. The molecule has 8 heteroatoms. The number of carbonyl (C=O) groups is 3. The topological polar surface area (TPSA) is 117 Å². The molecule has 0 fully saturated rings. The number of hydrogen-bond acceptors (Lipinski definition) is 5. The Morgan fingerprint density at radius 3 is 2.54 bits per heavy atom. The number of rotatable bonds is 8. The number of nitrogens with one attached hydrogen (secondary N) is 3. The number of ether oxygens (including phenoxy) is 1. The molecule has 1 atom stereocenters. The van der Waals surface area contributed by atoms with E-state index in [1.165, 1.54) is 13.0 Å². The van der Waals surface area contributed by atoms with Gasteiger partial charge in [0.05, 0.1) is 6.61 Å². The van der Waals surface area contributed by atoms with Crippen LogP contribution >= 0.6 is 0 Å². The third-order valence-electron chi connectivity index (χ3n) is 2.90. The van der Waals surface area contributed by atoms with Crippen molar-refractivity contribution in [2.75, 3.05) is 18.5 Å². The fraction of sp³-hybridized carbons (Fsp3) is 0.312. The Balaban J connectivity index is 2.38. The molecule has 1 rings (SSSR count). The van der Waals surface area contributed by atoms with E-state index in [9.17, 15) is 14.4 Å². The lowest BCUT2D eigenvalue weighted by Gasteiger charge is -2.14. The Morgan fingerprint density at radius 2 is 1.96 bits per heavy atom. The van der Waals surface area contributed by atoms with Gasteiger partial charge in [0.25, 0.3) is 0 Å². The van der Waals surface area contributed by atoms with Crippen molar-refractivity contribution in [2.24, 2.45) is 0 Å². The number of hydrogen-bond donors (Lipinski definition) is 4. The largest absolute Gasteiger partial charge is 0.445 e. The highest BCUT2D eigenvalue weighted by molar-refractivity contribution is 5.97. The van der Waals surface area contributed by atoms with Gasteiger partial charge >= 0.3 is 6.09 Å². The van der Waals surface area contributed by atoms with Gasteiger partial charge in [-0.3, -0.25) is 9.59 Å². The molecule has 4 N–H and O–H groups in total. The fourth-order valence-corrected chi connectivity index (χ4v) is 1.64. The second-order valence-corrected chi connectivity index (χ2v) is 4.87. The van der Waals surface area contributed by atoms with E-state index in [-0.39, 0.29) is 19.8 Å². The molecule has 0 heterocycles. The number of anilines is 1. The third kappa shape index (κ3) is 6.93. The lowest BCUT2D eigenvalue weighted by molar-refractivity contribution is -0.125. The number of benzene rings is 1. The second kappa shape index (κ2) is 10.0. The summed E-state index contributed by atoms with van der Waals surface area (Å²) in [5, 5.41) is 16.3. The summed E-state index contributed by atoms with van der Waals surface area (Å²) < 4.78 is 4.65. The highest BCUT2D eigenvalue weighted by atomic mass is 16.5. The first-order valence-corrected chi connectivity index (χ1v) is 7.27. The zero-order valence-electron chi connectivity index (χ0n) is 13.4. The van der Waals surface area contributed by atoms with Crippen molar-refractivity contribution in [3.8, 4) is 0 Å². The maximum atomic E-state index is 12.0. The van der Waals surface area contributed by atoms with Gasteiger partial charge in [0.2, 0.25) is 11.8 Å². The lowest BCUT2D eigenvalue weighted by atomic mass is 10.2. The second-order valence-electron chi connectivity index (χ2n) is 4.87. The Bertz CT molecular complexity index is 586. The monoisotopic (exact) mass is 335 g/mol. The van der Waals surface area contributed by atoms with E-state index in [0.717, 1.165) is 5.56 Å². The molecule has 130 valence electrons. The van der Waals surface area contributed by atoms with Crippen molar-refractivity contribution in [1.82, 2.24) is 10.6 Å². The molecular weight excluding hydrogens is 314 g/mol. The summed E-state index contributed by atoms with van der Waals surface area (Å²) in [6.07, 6.45) is 0.658. The maximum Gasteiger partial charge on any atom is 0.407 e. The van der Waals surface area contributed by atoms with Crippen molar-refractivity contribution in [2.45, 2.75) is 19.6 Å². The highest BCUT2D eigenvalue weighted by Gasteiger charge is 2.16. The molecule has 1 aromatic rings. The minimum atomic E-state index is -0.791. The summed E-state index contributed by atoms with van der Waals surface area (Å²) in [6, 6.07) is 5.86. The molecule has 1 aromatic carbocycles. The molecule has 0 aromatic heterocycles. The van der Waals surface area contributed by atoms with Crippen molar-refractivity contribution in [3.63, 3.8) is 0 Å². The zero-order chi connectivity index (χ0) is 17.9. The van der Waals surface area contributed by atoms with E-state index in [1.807, 2.05) is 0 Å². The van der Waals surface area contributed by atoms with E-state index in [1.54, 1.807) is 24.3 Å². The van der Waals surface area contributed by atoms with E-state index in [2.05, 4.69) is 27.3 Å². The van der Waals surface area contributed by atoms with Gasteiger partial charge in [-0.2, -0.15) is 0 Å². The van der Waals surface area contributed by atoms with Crippen LogP contribution in [-0.2, 0) is 20.9 Å². The van der Waals surface area contributed by atoms with Crippen LogP contribution in [0.1, 0.15) is 12.5 Å². The Labute approximate surface area is 139 Å². The summed E-state index contributed by atoms with van der Waals surface area (Å²) in [7, 11) is 0. The summed E-state index contributed by atoms with van der Waals surface area (Å²) in [5.74, 6) is -0.932. The van der Waals surface area contributed by atoms with Gasteiger partial charge in [0, 0.05) is 5.69 Å². The Morgan fingerprint density at radius 1 is 1.29 bits per heavy atom. The van der Waals surface area contributed by atoms with Crippen LogP contribution in [0.15, 0.2) is 36.9 Å². The van der Waals surface area contributed by atoms with Gasteiger partial charge in [-0.1, -0.05) is 24.8 Å². The predicted octanol–water partition coefficient (Wildman–Crippen LogP) is 0.534. The van der Waals surface area contributed by atoms with E-state index < -0.39 is 23.9 Å². The molecular formula is C16H21N3O5. The molecule has 0 bridgehead atoms. The summed E-state index contributed by atoms with van der Waals surface area (Å²) in [4.78, 5) is 34.8. The molecule has 24 heavy (non-hydrogen) atoms. The lowest BCUT2D eigenvalue weighted by Crippen LogP contribution is -2.45. The van der Waals surface area contributed by atoms with Crippen molar-refractivity contribution in [1.29, 1.82) is 0 Å². The molecule has 1 unspecified atom stereocenters. The molecule has 3 amide bonds. The number of alkyl carbamates (subject to hydrolysis) is 1. The van der Waals surface area contributed by atoms with Gasteiger partial charge in [-0.05, 0) is 24.6 Å². The number of aliphatic hydroxyl groups is 1. The van der Waals surface area contributed by atoms with Crippen LogP contribution in [0.5, 0.6) is 0 Å². The first-order chi connectivity index (χ1) is 11.5. The van der Waals surface area contributed by atoms with Crippen LogP contribution in [0, 0.1) is 0 Å². The highest BCUT2D eigenvalue weighted by Crippen LogP contribution is 2.09. The van der Waals surface area contributed by atoms with E-state index in [4.69, 9.17) is 5.11 Å². The molecule has 0 spiro atoms. The number of carbonyl (C=O) groups excluding carboxylic acids is 3. The van der Waals surface area contributed by atoms with Gasteiger partial charge < -0.3 is 25.8 Å². The van der Waals surface area contributed by atoms with Crippen LogP contribution < -0.4 is 16.0 Å². The standard InChI is InChI=1S/C16H21N3O5/c1-3-8-24-16(23)17-9-14(21)18-11(2)15(22)19-13-6-4-12(10-20)5-7-13/h3-7,11,20H,1,8-10H2,2H3,(H,17,23)(H,18,21)(H,19,22). The van der Waals surface area contributed by atoms with Gasteiger partial charge in [0.1, 0.15) is 19.2 Å². The molecule has 0 saturated carbocycles. The quantitative estimate of drug-likeness (QED) is 0.517. The molecule has 0 aliphatic carbocycles. The number of amides is 3. The van der Waals surface area contributed by atoms with Gasteiger partial charge in [-0.25, -0.2) is 4.79 Å². The van der Waals surface area contributed by atoms with Crippen molar-refractivity contribution >= 4 is 23.6 Å². The van der Waals surface area contributed by atoms with Gasteiger partial charge in [-0.15, -0.1) is 0 Å². The zero-order valence-corrected chi connectivity index (χ0v) is 13.4. The number of aliphatic hydroxyl groups excluding tert-OH is 1. The first-order valence-electron chi connectivity index (χ1n) is 7.27. The fourth-order valence-electron chi connectivity index (χ4n) is 1.64. The smallest absolute Gasteiger partial charge is 0.407 e. The third-order valence-corrected chi connectivity index (χ3v) is 2.90. The predicted molar refractivity (Wildman–Crippen MR) is 88.1 cm³/mol. The van der Waals surface area contributed by atoms with Crippen LogP contribution in [0.2, 0.25) is 0 Å². The van der Waals surface area contributed by atoms with Crippen LogP contribution in [0.25, 0.3) is 0 Å². The summed E-state index contributed by atoms with van der Waals surface area (Å²) in [6.45, 7) is 4.56. The average Bonchev–Trinajstić information content (AvgIpc) is 2.58. The Hall–Kier alpha value is -2.87. The van der Waals surface area contributed by atoms with Crippen molar-refractivity contribution < 1.29 is 24.2 Å². The molecule has 0 saturated heterocycles. The molecule has 0 radical (unpaired) electrons. The van der Waals surface area contributed by atoms with E-state index >= 15 is 0 Å². The summed E-state index contributed by atoms with van der Waals surface area (Å²) in [5.41, 5.74) is 1.27. The SMILES string of the molecule is C=CCOC(=O)NCC(=O)NC(C)C(=O)Nc1ccc(CO)cc1. The van der Waals surface area contributed by atoms with Crippen molar-refractivity contribution in [3.05, 3.63) is 42.5 Å². The first kappa shape index (κ1) is 19.2. The van der Waals surface area contributed by atoms with Gasteiger partial charge in [0.15, 0.2) is 0 Å². The molecule has 0 aliphatic rings. The molecule has 0 aliphatic heterocycles. The minimum Gasteiger partial charge on any atom is -0.445 e. The average molecular weight is 335 g/mol.